The van der Waals surface area contributed by atoms with Crippen molar-refractivity contribution in [2.24, 2.45) is 11.5 Å². The van der Waals surface area contributed by atoms with Gasteiger partial charge in [0.2, 0.25) is 5.91 Å². The van der Waals surface area contributed by atoms with Gasteiger partial charge in [-0.05, 0) is 107 Å². The number of ether oxygens (including phenoxy) is 2. The van der Waals surface area contributed by atoms with E-state index in [1.807, 2.05) is 33.8 Å². The van der Waals surface area contributed by atoms with Gasteiger partial charge in [-0.2, -0.15) is 0 Å². The van der Waals surface area contributed by atoms with E-state index in [1.165, 1.54) is 12.0 Å². The van der Waals surface area contributed by atoms with Crippen LogP contribution in [0.1, 0.15) is 90.8 Å². The molecule has 2 saturated heterocycles. The third-order valence-electron chi connectivity index (χ3n) is 8.17. The predicted molar refractivity (Wildman–Crippen MR) is 182 cm³/mol. The lowest BCUT2D eigenvalue weighted by molar-refractivity contribution is 0.0204. The zero-order valence-electron chi connectivity index (χ0n) is 28.0. The van der Waals surface area contributed by atoms with Gasteiger partial charge < -0.3 is 36.1 Å². The van der Waals surface area contributed by atoms with E-state index in [1.54, 1.807) is 42.5 Å². The molecule has 3 amide bonds. The van der Waals surface area contributed by atoms with Crippen LogP contribution in [0.15, 0.2) is 48.7 Å². The number of hydrogen-bond acceptors (Lipinski definition) is 9. The van der Waals surface area contributed by atoms with Gasteiger partial charge >= 0.3 is 6.09 Å². The lowest BCUT2D eigenvalue weighted by Gasteiger charge is -2.33. The van der Waals surface area contributed by atoms with Gasteiger partial charge in [-0.3, -0.25) is 9.59 Å². The summed E-state index contributed by atoms with van der Waals surface area (Å²) < 4.78 is 10.4. The zero-order chi connectivity index (χ0) is 34.1. The highest BCUT2D eigenvalue weighted by molar-refractivity contribution is 5.96. The predicted octanol–water partition coefficient (Wildman–Crippen LogP) is 5.53. The number of benzene rings is 2. The van der Waals surface area contributed by atoms with Crippen molar-refractivity contribution in [2.45, 2.75) is 71.3 Å². The largest absolute Gasteiger partial charge is 0.497 e. The van der Waals surface area contributed by atoms with Crippen LogP contribution in [0.25, 0.3) is 0 Å². The van der Waals surface area contributed by atoms with Crippen LogP contribution in [0, 0.1) is 6.92 Å². The topological polar surface area (TPSA) is 166 Å². The Kier molecular flexibility index (Phi) is 11.6. The molecule has 5 N–H and O–H groups in total. The van der Waals surface area contributed by atoms with E-state index >= 15 is 0 Å². The molecule has 12 nitrogen and oxygen atoms in total. The van der Waals surface area contributed by atoms with Gasteiger partial charge in [0.25, 0.3) is 5.91 Å². The van der Waals surface area contributed by atoms with E-state index in [-0.39, 0.29) is 11.8 Å². The molecule has 1 aromatic heterocycles. The zero-order valence-corrected chi connectivity index (χ0v) is 28.0. The molecular weight excluding hydrogens is 598 g/mol. The molecule has 0 atom stereocenters. The fraction of sp³-hybridized carbons (Fsp3) is 0.457. The molecule has 2 aromatic carbocycles. The van der Waals surface area contributed by atoms with E-state index in [4.69, 9.17) is 25.9 Å². The molecule has 0 spiro atoms. The number of carbonyl (C=O) groups is 3. The minimum Gasteiger partial charge on any atom is -0.497 e. The van der Waals surface area contributed by atoms with Gasteiger partial charge in [-0.1, -0.05) is 12.1 Å². The Morgan fingerprint density at radius 3 is 2.13 bits per heavy atom. The van der Waals surface area contributed by atoms with Crippen molar-refractivity contribution in [1.82, 2.24) is 14.9 Å². The van der Waals surface area contributed by atoms with Gasteiger partial charge in [-0.25, -0.2) is 14.8 Å². The molecule has 12 heteroatoms. The number of aromatic nitrogens is 2. The third-order valence-corrected chi connectivity index (χ3v) is 8.17. The fourth-order valence-corrected chi connectivity index (χ4v) is 5.61. The van der Waals surface area contributed by atoms with Gasteiger partial charge in [-0.15, -0.1) is 0 Å². The highest BCUT2D eigenvalue weighted by atomic mass is 16.6. The second-order valence-corrected chi connectivity index (χ2v) is 12.9. The molecule has 0 aliphatic carbocycles. The number of amides is 3. The van der Waals surface area contributed by atoms with Crippen LogP contribution in [-0.2, 0) is 4.74 Å². The number of aryl methyl sites for hydroxylation is 1. The van der Waals surface area contributed by atoms with E-state index in [2.05, 4.69) is 27.3 Å². The third kappa shape index (κ3) is 9.81. The van der Waals surface area contributed by atoms with Crippen molar-refractivity contribution in [2.75, 3.05) is 43.5 Å². The van der Waals surface area contributed by atoms with E-state index < -0.39 is 17.4 Å². The molecule has 2 aliphatic rings. The molecule has 0 unspecified atom stereocenters. The summed E-state index contributed by atoms with van der Waals surface area (Å²) in [7, 11) is 1.57. The quantitative estimate of drug-likeness (QED) is 0.300. The Bertz CT molecular complexity index is 1540. The van der Waals surface area contributed by atoms with Crippen LogP contribution < -0.4 is 26.4 Å². The van der Waals surface area contributed by atoms with Crippen molar-refractivity contribution in [1.29, 1.82) is 0 Å². The number of anilines is 3. The number of hydrogen-bond donors (Lipinski definition) is 3. The summed E-state index contributed by atoms with van der Waals surface area (Å²) in [5.41, 5.74) is 13.9. The van der Waals surface area contributed by atoms with Gasteiger partial charge in [0, 0.05) is 37.4 Å². The maximum absolute atomic E-state index is 12.4. The summed E-state index contributed by atoms with van der Waals surface area (Å²) in [6.07, 6.45) is 6.64. The highest BCUT2D eigenvalue weighted by Gasteiger charge is 2.28. The number of methoxy groups -OCH3 is 1. The van der Waals surface area contributed by atoms with E-state index in [9.17, 15) is 14.4 Å². The summed E-state index contributed by atoms with van der Waals surface area (Å²) in [4.78, 5) is 48.0. The number of nitrogens with two attached hydrogens (primary N) is 2. The molecule has 252 valence electrons. The SMILES string of the molecule is COc1ccc(C(N)=O)cc1.Cc1cc(C2CCN(C(=O)OC(C)(C)C)CC2)ccc1Nc1nc(N2CCCCC2)cnc1C(N)=O. The molecule has 47 heavy (non-hydrogen) atoms. The average Bonchev–Trinajstić information content (AvgIpc) is 3.05. The second-order valence-electron chi connectivity index (χ2n) is 12.9. The first-order valence-corrected chi connectivity index (χ1v) is 16.1. The maximum atomic E-state index is 12.4. The Balaban J connectivity index is 0.000000385. The minimum absolute atomic E-state index is 0.133. The number of primary amides is 2. The Morgan fingerprint density at radius 1 is 0.915 bits per heavy atom. The lowest BCUT2D eigenvalue weighted by Crippen LogP contribution is -2.41. The van der Waals surface area contributed by atoms with Gasteiger partial charge in [0.05, 0.1) is 13.3 Å². The summed E-state index contributed by atoms with van der Waals surface area (Å²) in [6, 6.07) is 12.9. The molecule has 2 aliphatic heterocycles. The first-order valence-electron chi connectivity index (χ1n) is 16.1. The minimum atomic E-state index is -0.610. The molecular formula is C35H47N7O5. The highest BCUT2D eigenvalue weighted by Crippen LogP contribution is 2.32. The van der Waals surface area contributed by atoms with Crippen molar-refractivity contribution >= 4 is 35.2 Å². The van der Waals surface area contributed by atoms with Crippen LogP contribution in [-0.4, -0.2) is 71.7 Å². The normalized spacial score (nSPS) is 15.3. The maximum Gasteiger partial charge on any atom is 0.410 e. The van der Waals surface area contributed by atoms with Crippen molar-refractivity contribution < 1.29 is 23.9 Å². The van der Waals surface area contributed by atoms with Crippen LogP contribution in [0.2, 0.25) is 0 Å². The van der Waals surface area contributed by atoms with E-state index in [0.717, 1.165) is 61.6 Å². The fourth-order valence-electron chi connectivity index (χ4n) is 5.61. The second kappa shape index (κ2) is 15.6. The number of nitrogens with one attached hydrogen (secondary N) is 1. The van der Waals surface area contributed by atoms with Gasteiger partial charge in [0.1, 0.15) is 17.2 Å². The number of likely N-dealkylation sites (tertiary alicyclic amines) is 1. The van der Waals surface area contributed by atoms with Crippen LogP contribution in [0.5, 0.6) is 5.75 Å². The lowest BCUT2D eigenvalue weighted by atomic mass is 9.88. The van der Waals surface area contributed by atoms with Gasteiger partial charge in [0.15, 0.2) is 11.5 Å². The number of nitrogens with zero attached hydrogens (tertiary/aromatic N) is 4. The smallest absolute Gasteiger partial charge is 0.410 e. The Labute approximate surface area is 276 Å². The Morgan fingerprint density at radius 2 is 1.57 bits per heavy atom. The summed E-state index contributed by atoms with van der Waals surface area (Å²) in [5, 5.41) is 3.30. The van der Waals surface area contributed by atoms with E-state index in [0.29, 0.717) is 30.4 Å². The molecule has 3 aromatic rings. The molecule has 0 bridgehead atoms. The number of carbonyl (C=O) groups excluding carboxylic acids is 3. The number of piperidine rings is 2. The standard InChI is InChI=1S/C27H38N6O3.C8H9NO2/c1-18-16-20(19-10-14-33(15-11-19)26(35)36-27(2,3)4)8-9-21(18)30-25-23(24(28)34)29-17-22(31-25)32-12-6-5-7-13-32;1-11-7-4-2-6(3-5-7)8(9)10/h8-9,16-17,19H,5-7,10-15H2,1-4H3,(H2,28,34)(H,30,31);2-5H,1H3,(H2,9,10). The average molecular weight is 646 g/mol. The monoisotopic (exact) mass is 645 g/mol. The molecule has 0 radical (unpaired) electrons. The summed E-state index contributed by atoms with van der Waals surface area (Å²) in [6.45, 7) is 10.9. The van der Waals surface area contributed by atoms with Crippen molar-refractivity contribution in [3.63, 3.8) is 0 Å². The Hall–Kier alpha value is -4.87. The first-order chi connectivity index (χ1) is 22.3. The van der Waals surface area contributed by atoms with Crippen molar-refractivity contribution in [3.05, 3.63) is 71.0 Å². The van der Waals surface area contributed by atoms with Crippen molar-refractivity contribution in [3.8, 4) is 5.75 Å². The van der Waals surface area contributed by atoms with Crippen LogP contribution in [0.4, 0.5) is 22.1 Å². The first kappa shape index (κ1) is 35.0. The van der Waals surface area contributed by atoms with Crippen LogP contribution in [0.3, 0.4) is 0 Å². The molecule has 3 heterocycles. The molecule has 2 fully saturated rings. The summed E-state index contributed by atoms with van der Waals surface area (Å²) >= 11 is 0. The number of rotatable bonds is 7. The van der Waals surface area contributed by atoms with Crippen LogP contribution >= 0.6 is 0 Å². The molecule has 0 saturated carbocycles. The summed E-state index contributed by atoms with van der Waals surface area (Å²) in [5.74, 6) is 1.20. The molecule has 5 rings (SSSR count).